The number of anilines is 1. The maximum Gasteiger partial charge on any atom is 0.443 e. The van der Waals surface area contributed by atoms with Crippen molar-refractivity contribution in [3.05, 3.63) is 106 Å². The van der Waals surface area contributed by atoms with Crippen LogP contribution in [-0.4, -0.2) is 107 Å². The number of benzene rings is 4. The highest BCUT2D eigenvalue weighted by molar-refractivity contribution is 6.34. The number of amides is 4. The topological polar surface area (TPSA) is 168 Å². The van der Waals surface area contributed by atoms with Gasteiger partial charge in [-0.2, -0.15) is 5.10 Å². The number of aliphatic hydroxyl groups is 1. The number of aryl methyl sites for hydroxylation is 1. The second-order valence-corrected chi connectivity index (χ2v) is 23.0. The van der Waals surface area contributed by atoms with Gasteiger partial charge >= 0.3 is 31.1 Å². The molecule has 376 valence electrons. The summed E-state index contributed by atoms with van der Waals surface area (Å²) in [6.45, 7) is 7.00. The summed E-state index contributed by atoms with van der Waals surface area (Å²) in [5.41, 5.74) is 9.04. The minimum Gasteiger partial charge on any atom is -0.488 e. The van der Waals surface area contributed by atoms with Gasteiger partial charge < -0.3 is 30.1 Å². The minimum atomic E-state index is -0.988. The van der Waals surface area contributed by atoms with E-state index in [-0.39, 0.29) is 58.8 Å². The fourth-order valence-electron chi connectivity index (χ4n) is 11.9. The molecule has 1 aliphatic carbocycles. The number of likely N-dealkylation sites (tertiary alicyclic amines) is 2. The van der Waals surface area contributed by atoms with E-state index in [1.807, 2.05) is 49.0 Å². The zero-order valence-electron chi connectivity index (χ0n) is 40.1. The number of ether oxygens (including phenoxy) is 2. The third kappa shape index (κ3) is 9.62. The average molecular weight is 1110 g/mol. The van der Waals surface area contributed by atoms with Crippen LogP contribution in [0.1, 0.15) is 104 Å². The maximum absolute atomic E-state index is 16.5. The van der Waals surface area contributed by atoms with E-state index in [2.05, 4.69) is 41.9 Å². The largest absolute Gasteiger partial charge is 0.488 e. The first-order valence-electron chi connectivity index (χ1n) is 24.9. The summed E-state index contributed by atoms with van der Waals surface area (Å²) in [5, 5.41) is 17.0. The van der Waals surface area contributed by atoms with Crippen LogP contribution in [-0.2, 0) is 15.4 Å². The number of nitrogens with one attached hydrogen (secondary N) is 2. The Labute approximate surface area is 428 Å². The normalized spacial score (nSPS) is 23.7. The number of fused-ring (bicyclic) bond motifs is 2. The molecule has 3 saturated heterocycles. The van der Waals surface area contributed by atoms with Gasteiger partial charge in [0.2, 0.25) is 11.8 Å². The standard InChI is InChI=1S/C53H60ClF2IN8O6/c1-31-45-43(29-40(55)48(54)47(45)46-39(50(58)68)14-15-42(49(46)56)70-27-26-66)71-53(31,35-6-4-3-5-7-35)57-59-30-32-8-11-36(12-9-32)64-23-18-37(19-24-64)63-21-16-33(17-22-63)34-10-13-38-41(28-34)62(2)61-51(38)65-25-20-44(67)60-52(65)69/h3-7,10,13-15,28-29,31-33,36-37,59,66H,8-9,11-12,16-27,30H2,1-2H3,(H2-,58,60,67,68,69)/p+1/t31-,32?,36?,53-/m0/s1. The Morgan fingerprint density at radius 2 is 1.65 bits per heavy atom. The average Bonchev–Trinajstić information content (AvgIpc) is 3.86. The van der Waals surface area contributed by atoms with Crippen LogP contribution in [0.3, 0.4) is 0 Å². The van der Waals surface area contributed by atoms with Crippen molar-refractivity contribution in [1.82, 2.24) is 28.4 Å². The lowest BCUT2D eigenvalue weighted by molar-refractivity contribution is -0.818. The number of nitrogens with zero attached hydrogens (tertiary/aromatic N) is 5. The van der Waals surface area contributed by atoms with Crippen LogP contribution in [0.25, 0.3) is 22.0 Å². The fourth-order valence-corrected chi connectivity index (χ4v) is 15.3. The Kier molecular flexibility index (Phi) is 14.6. The fraction of sp³-hybridized carbons (Fsp3) is 0.472. The van der Waals surface area contributed by atoms with Crippen LogP contribution in [0.5, 0.6) is 11.5 Å². The highest BCUT2D eigenvalue weighted by atomic mass is 127. The van der Waals surface area contributed by atoms with Crippen molar-refractivity contribution < 1.29 is 59.2 Å². The summed E-state index contributed by atoms with van der Waals surface area (Å²) in [5.74, 6) is -1.79. The number of nitrogens with two attached hydrogens (primary N) is 1. The molecule has 4 aliphatic heterocycles. The second kappa shape index (κ2) is 20.9. The number of aliphatic hydroxyl groups excluding tert-OH is 1. The van der Waals surface area contributed by atoms with Gasteiger partial charge in [-0.3, -0.25) is 24.5 Å². The highest BCUT2D eigenvalue weighted by Crippen LogP contribution is 2.54. The molecule has 5 N–H and O–H groups in total. The number of urea groups is 1. The molecule has 0 unspecified atom stereocenters. The maximum atomic E-state index is 16.5. The van der Waals surface area contributed by atoms with Gasteiger partial charge in [-0.25, -0.2) is 13.6 Å². The van der Waals surface area contributed by atoms with Crippen LogP contribution < -0.4 is 50.4 Å². The number of piperidine rings is 2. The van der Waals surface area contributed by atoms with Crippen molar-refractivity contribution in [2.45, 2.75) is 92.2 Å². The van der Waals surface area contributed by atoms with Crippen molar-refractivity contribution in [3.8, 4) is 22.6 Å². The van der Waals surface area contributed by atoms with Crippen LogP contribution in [0.2, 0.25) is 5.02 Å². The number of carbonyl (C=O) groups is 3. The van der Waals surface area contributed by atoms with Crippen molar-refractivity contribution in [2.75, 3.05) is 57.4 Å². The van der Waals surface area contributed by atoms with E-state index in [0.717, 1.165) is 87.7 Å². The Hall–Kier alpha value is -4.92. The summed E-state index contributed by atoms with van der Waals surface area (Å²) in [4.78, 5) is 44.1. The lowest BCUT2D eigenvalue weighted by Crippen LogP contribution is -3.73. The SMILES string of the molecule is C[C@H]1c2c(cc(F)c(Cl)c2-c2c(C(N)=O)ccc(OCCO)c2F)O[C@]1([I+]NCC1CCC(N2CCC(N3CCC(c4ccc5c(N6CCC(=O)NC6=O)nn(C)c5c4)CC3)CC2)CC1)c1ccccc1. The second-order valence-electron chi connectivity index (χ2n) is 19.7. The van der Waals surface area contributed by atoms with Crippen molar-refractivity contribution >= 4 is 46.2 Å². The number of hydrogen-bond acceptors (Lipinski definition) is 10. The highest BCUT2D eigenvalue weighted by Gasteiger charge is 2.61. The predicted molar refractivity (Wildman–Crippen MR) is 263 cm³/mol. The lowest BCUT2D eigenvalue weighted by atomic mass is 9.84. The molecule has 4 amide bonds. The number of rotatable bonds is 14. The lowest BCUT2D eigenvalue weighted by Gasteiger charge is -2.45. The molecule has 4 aromatic carbocycles. The van der Waals surface area contributed by atoms with E-state index in [1.54, 1.807) is 4.90 Å². The number of primary amides is 1. The number of imide groups is 1. The van der Waals surface area contributed by atoms with Crippen LogP contribution in [0.4, 0.5) is 19.4 Å². The Morgan fingerprint density at radius 3 is 2.34 bits per heavy atom. The minimum absolute atomic E-state index is 0.00304. The van der Waals surface area contributed by atoms with Gasteiger partial charge in [0.1, 0.15) is 18.2 Å². The van der Waals surface area contributed by atoms with Gasteiger partial charge in [0.15, 0.2) is 17.4 Å². The molecule has 0 bridgehead atoms. The van der Waals surface area contributed by atoms with E-state index < -0.39 is 54.6 Å². The third-order valence-corrected chi connectivity index (χ3v) is 19.5. The smallest absolute Gasteiger partial charge is 0.443 e. The molecule has 71 heavy (non-hydrogen) atoms. The van der Waals surface area contributed by atoms with E-state index in [0.29, 0.717) is 41.8 Å². The first-order chi connectivity index (χ1) is 34.3. The molecule has 5 heterocycles. The Bertz CT molecular complexity index is 2810. The Morgan fingerprint density at radius 1 is 0.944 bits per heavy atom. The molecule has 18 heteroatoms. The molecule has 5 aliphatic rings. The van der Waals surface area contributed by atoms with E-state index >= 15 is 8.78 Å². The monoisotopic (exact) mass is 1110 g/mol. The Balaban J connectivity index is 0.736. The predicted octanol–water partition coefficient (Wildman–Crippen LogP) is 4.93. The molecule has 2 atom stereocenters. The van der Waals surface area contributed by atoms with Gasteiger partial charge in [0, 0.05) is 72.3 Å². The molecule has 0 radical (unpaired) electrons. The van der Waals surface area contributed by atoms with Crippen LogP contribution in [0.15, 0.2) is 66.7 Å². The molecule has 14 nitrogen and oxygen atoms in total. The van der Waals surface area contributed by atoms with Gasteiger partial charge in [0.05, 0.1) is 28.6 Å². The summed E-state index contributed by atoms with van der Waals surface area (Å²) in [6.07, 6.45) is 9.43. The molecule has 1 saturated carbocycles. The molecule has 10 rings (SSSR count). The molecule has 4 fully saturated rings. The molecular formula is C53H61ClF2IN8O6+. The number of alkyl halides is 1. The zero-order valence-corrected chi connectivity index (χ0v) is 43.0. The van der Waals surface area contributed by atoms with Gasteiger partial charge in [-0.1, -0.05) is 48.0 Å². The third-order valence-electron chi connectivity index (χ3n) is 15.7. The first-order valence-corrected chi connectivity index (χ1v) is 27.4. The number of halogens is 4. The van der Waals surface area contributed by atoms with Crippen molar-refractivity contribution in [2.24, 2.45) is 18.7 Å². The molecular weight excluding hydrogens is 1040 g/mol. The van der Waals surface area contributed by atoms with Crippen LogP contribution >= 0.6 is 11.6 Å². The summed E-state index contributed by atoms with van der Waals surface area (Å²) < 4.78 is 49.5. The van der Waals surface area contributed by atoms with E-state index in [9.17, 15) is 19.5 Å². The summed E-state index contributed by atoms with van der Waals surface area (Å²) in [6, 6.07) is 21.0. The number of carbonyl (C=O) groups excluding carboxylic acids is 3. The first kappa shape index (κ1) is 49.6. The number of hydrogen-bond donors (Lipinski definition) is 4. The van der Waals surface area contributed by atoms with E-state index in [4.69, 9.17) is 26.8 Å². The molecule has 5 aromatic rings. The van der Waals surface area contributed by atoms with Gasteiger partial charge in [-0.05, 0) is 126 Å². The van der Waals surface area contributed by atoms with Gasteiger partial charge in [-0.15, -0.1) is 3.53 Å². The van der Waals surface area contributed by atoms with Crippen molar-refractivity contribution in [3.63, 3.8) is 0 Å². The zero-order chi connectivity index (χ0) is 49.6. The molecule has 1 aromatic heterocycles. The number of aromatic nitrogens is 2. The summed E-state index contributed by atoms with van der Waals surface area (Å²) >= 11 is 5.75. The van der Waals surface area contributed by atoms with Crippen molar-refractivity contribution in [1.29, 1.82) is 0 Å². The quantitative estimate of drug-likeness (QED) is 0.0681. The van der Waals surface area contributed by atoms with Crippen LogP contribution in [0, 0.1) is 17.6 Å². The molecule has 0 spiro atoms. The van der Waals surface area contributed by atoms with E-state index in [1.165, 1.54) is 36.6 Å². The van der Waals surface area contributed by atoms with Gasteiger partial charge in [0.25, 0.3) is 0 Å². The summed E-state index contributed by atoms with van der Waals surface area (Å²) in [7, 11) is 1.91.